The van der Waals surface area contributed by atoms with Crippen LogP contribution in [0.25, 0.3) is 0 Å². The van der Waals surface area contributed by atoms with Crippen LogP contribution in [-0.2, 0) is 16.0 Å². The van der Waals surface area contributed by atoms with Crippen LogP contribution in [0, 0.1) is 0 Å². The summed E-state index contributed by atoms with van der Waals surface area (Å²) in [4.78, 5) is 11.3. The van der Waals surface area contributed by atoms with Gasteiger partial charge in [0.1, 0.15) is 5.75 Å². The van der Waals surface area contributed by atoms with Gasteiger partial charge < -0.3 is 15.2 Å². The zero-order chi connectivity index (χ0) is 14.8. The molecule has 0 heterocycles. The molecule has 4 nitrogen and oxygen atoms in total. The van der Waals surface area contributed by atoms with Crippen LogP contribution in [0.2, 0.25) is 0 Å². The molecule has 0 aliphatic heterocycles. The highest BCUT2D eigenvalue weighted by molar-refractivity contribution is 5.69. The number of benzene rings is 1. The summed E-state index contributed by atoms with van der Waals surface area (Å²) in [6, 6.07) is 7.94. The molecule has 0 aliphatic carbocycles. The van der Waals surface area contributed by atoms with Crippen LogP contribution in [0.15, 0.2) is 24.3 Å². The Hall–Kier alpha value is -1.55. The second-order valence-corrected chi connectivity index (χ2v) is 4.80. The molecule has 0 bridgehead atoms. The van der Waals surface area contributed by atoms with E-state index in [1.807, 2.05) is 24.3 Å². The number of rotatable bonds is 9. The van der Waals surface area contributed by atoms with Gasteiger partial charge in [0.15, 0.2) is 0 Å². The van der Waals surface area contributed by atoms with Gasteiger partial charge >= 0.3 is 5.97 Å². The van der Waals surface area contributed by atoms with E-state index in [-0.39, 0.29) is 12.0 Å². The highest BCUT2D eigenvalue weighted by atomic mass is 16.5. The molecule has 1 unspecified atom stereocenters. The lowest BCUT2D eigenvalue weighted by molar-refractivity contribution is -0.143. The van der Waals surface area contributed by atoms with E-state index in [1.165, 1.54) is 0 Å². The number of carbonyl (C=O) groups is 1. The van der Waals surface area contributed by atoms with Crippen molar-refractivity contribution in [1.82, 2.24) is 0 Å². The monoisotopic (exact) mass is 279 g/mol. The predicted molar refractivity (Wildman–Crippen MR) is 79.8 cm³/mol. The molecule has 0 aromatic heterocycles. The van der Waals surface area contributed by atoms with Gasteiger partial charge in [-0.2, -0.15) is 0 Å². The minimum absolute atomic E-state index is 0.0261. The smallest absolute Gasteiger partial charge is 0.305 e. The molecule has 0 saturated carbocycles. The van der Waals surface area contributed by atoms with Crippen LogP contribution in [0.5, 0.6) is 5.75 Å². The van der Waals surface area contributed by atoms with Crippen LogP contribution in [0.1, 0.15) is 38.7 Å². The fourth-order valence-corrected chi connectivity index (χ4v) is 1.88. The van der Waals surface area contributed by atoms with E-state index in [1.54, 1.807) is 6.92 Å². The van der Waals surface area contributed by atoms with Gasteiger partial charge in [-0.3, -0.25) is 4.79 Å². The first-order chi connectivity index (χ1) is 9.65. The summed E-state index contributed by atoms with van der Waals surface area (Å²) in [6.45, 7) is 5.04. The van der Waals surface area contributed by atoms with Crippen LogP contribution >= 0.6 is 0 Å². The van der Waals surface area contributed by atoms with Gasteiger partial charge in [0.05, 0.1) is 13.2 Å². The van der Waals surface area contributed by atoms with Gasteiger partial charge in [-0.25, -0.2) is 0 Å². The minimum atomic E-state index is -0.175. The maximum Gasteiger partial charge on any atom is 0.305 e. The Kier molecular flexibility index (Phi) is 7.73. The highest BCUT2D eigenvalue weighted by Crippen LogP contribution is 2.14. The summed E-state index contributed by atoms with van der Waals surface area (Å²) in [7, 11) is 0. The van der Waals surface area contributed by atoms with E-state index >= 15 is 0 Å². The molecule has 0 aliphatic rings. The van der Waals surface area contributed by atoms with Crippen LogP contribution in [-0.4, -0.2) is 25.2 Å². The lowest BCUT2D eigenvalue weighted by Crippen LogP contribution is -2.24. The number of hydrogen-bond acceptors (Lipinski definition) is 4. The number of carbonyl (C=O) groups excluding carboxylic acids is 1. The lowest BCUT2D eigenvalue weighted by Gasteiger charge is -2.12. The average molecular weight is 279 g/mol. The Morgan fingerprint density at radius 1 is 1.25 bits per heavy atom. The van der Waals surface area contributed by atoms with Crippen molar-refractivity contribution in [2.24, 2.45) is 5.73 Å². The van der Waals surface area contributed by atoms with Gasteiger partial charge in [0, 0.05) is 12.5 Å². The summed E-state index contributed by atoms with van der Waals surface area (Å²) in [5.41, 5.74) is 7.19. The Morgan fingerprint density at radius 2 is 1.95 bits per heavy atom. The molecule has 2 N–H and O–H groups in total. The second kappa shape index (κ2) is 9.37. The molecule has 0 spiro atoms. The lowest BCUT2D eigenvalue weighted by atomic mass is 10.0. The fourth-order valence-electron chi connectivity index (χ4n) is 1.88. The first kappa shape index (κ1) is 16.5. The molecule has 0 radical (unpaired) electrons. The van der Waals surface area contributed by atoms with Crippen molar-refractivity contribution in [2.45, 2.75) is 45.6 Å². The van der Waals surface area contributed by atoms with Gasteiger partial charge in [0.25, 0.3) is 0 Å². The molecule has 1 aromatic rings. The second-order valence-electron chi connectivity index (χ2n) is 4.80. The van der Waals surface area contributed by atoms with Crippen molar-refractivity contribution in [1.29, 1.82) is 0 Å². The summed E-state index contributed by atoms with van der Waals surface area (Å²) in [5, 5.41) is 0. The SMILES string of the molecule is CCCOc1ccc(CC(N)CCC(=O)OCC)cc1. The first-order valence-electron chi connectivity index (χ1n) is 7.28. The van der Waals surface area contributed by atoms with E-state index in [4.69, 9.17) is 15.2 Å². The third-order valence-corrected chi connectivity index (χ3v) is 2.92. The van der Waals surface area contributed by atoms with E-state index in [0.717, 1.165) is 30.8 Å². The zero-order valence-corrected chi connectivity index (χ0v) is 12.4. The zero-order valence-electron chi connectivity index (χ0n) is 12.4. The van der Waals surface area contributed by atoms with Gasteiger partial charge in [-0.05, 0) is 43.9 Å². The van der Waals surface area contributed by atoms with E-state index in [2.05, 4.69) is 6.92 Å². The van der Waals surface area contributed by atoms with E-state index in [0.29, 0.717) is 19.4 Å². The highest BCUT2D eigenvalue weighted by Gasteiger charge is 2.08. The summed E-state index contributed by atoms with van der Waals surface area (Å²) in [6.07, 6.45) is 2.79. The van der Waals surface area contributed by atoms with E-state index in [9.17, 15) is 4.79 Å². The summed E-state index contributed by atoms with van der Waals surface area (Å²) < 4.78 is 10.4. The van der Waals surface area contributed by atoms with Gasteiger partial charge in [-0.1, -0.05) is 19.1 Å². The third kappa shape index (κ3) is 6.57. The Morgan fingerprint density at radius 3 is 2.55 bits per heavy atom. The third-order valence-electron chi connectivity index (χ3n) is 2.92. The summed E-state index contributed by atoms with van der Waals surface area (Å²) >= 11 is 0. The Bertz CT molecular complexity index is 389. The number of ether oxygens (including phenoxy) is 2. The van der Waals surface area contributed by atoms with Crippen LogP contribution < -0.4 is 10.5 Å². The van der Waals surface area contributed by atoms with Crippen LogP contribution in [0.4, 0.5) is 0 Å². The standard InChI is InChI=1S/C16H25NO3/c1-3-11-20-15-8-5-13(6-9-15)12-14(17)7-10-16(18)19-4-2/h5-6,8-9,14H,3-4,7,10-12,17H2,1-2H3. The van der Waals surface area contributed by atoms with E-state index < -0.39 is 0 Å². The molecule has 112 valence electrons. The molecule has 0 saturated heterocycles. The molecular formula is C16H25NO3. The molecule has 1 aromatic carbocycles. The maximum absolute atomic E-state index is 11.3. The van der Waals surface area contributed by atoms with Crippen molar-refractivity contribution < 1.29 is 14.3 Å². The van der Waals surface area contributed by atoms with Gasteiger partial charge in [-0.15, -0.1) is 0 Å². The predicted octanol–water partition coefficient (Wildman–Crippen LogP) is 2.69. The van der Waals surface area contributed by atoms with Crippen molar-refractivity contribution in [3.8, 4) is 5.75 Å². The first-order valence-corrected chi connectivity index (χ1v) is 7.28. The normalized spacial score (nSPS) is 11.9. The van der Waals surface area contributed by atoms with Crippen LogP contribution in [0.3, 0.4) is 0 Å². The Balaban J connectivity index is 2.34. The molecule has 4 heteroatoms. The average Bonchev–Trinajstić information content (AvgIpc) is 2.45. The number of hydrogen-bond donors (Lipinski definition) is 1. The molecule has 0 amide bonds. The molecule has 0 fully saturated rings. The molecule has 1 atom stereocenters. The quantitative estimate of drug-likeness (QED) is 0.706. The van der Waals surface area contributed by atoms with Crippen molar-refractivity contribution in [3.63, 3.8) is 0 Å². The minimum Gasteiger partial charge on any atom is -0.494 e. The maximum atomic E-state index is 11.3. The summed E-state index contributed by atoms with van der Waals surface area (Å²) in [5.74, 6) is 0.710. The Labute approximate surface area is 121 Å². The van der Waals surface area contributed by atoms with Crippen molar-refractivity contribution >= 4 is 5.97 Å². The molecule has 20 heavy (non-hydrogen) atoms. The number of esters is 1. The topological polar surface area (TPSA) is 61.5 Å². The molecular weight excluding hydrogens is 254 g/mol. The van der Waals surface area contributed by atoms with Crippen molar-refractivity contribution in [2.75, 3.05) is 13.2 Å². The van der Waals surface area contributed by atoms with Crippen molar-refractivity contribution in [3.05, 3.63) is 29.8 Å². The van der Waals surface area contributed by atoms with Gasteiger partial charge in [0.2, 0.25) is 0 Å². The fraction of sp³-hybridized carbons (Fsp3) is 0.562. The largest absolute Gasteiger partial charge is 0.494 e. The molecule has 1 rings (SSSR count). The number of nitrogens with two attached hydrogens (primary N) is 1.